The minimum atomic E-state index is -0.429. The molecule has 0 aliphatic carbocycles. The van der Waals surface area contributed by atoms with Crippen LogP contribution in [0.5, 0.6) is 0 Å². The first-order chi connectivity index (χ1) is 10.2. The molecule has 2 aromatic carbocycles. The summed E-state index contributed by atoms with van der Waals surface area (Å²) in [5, 5.41) is 0. The molecule has 0 radical (unpaired) electrons. The minimum Gasteiger partial charge on any atom is -0.422 e. The molecule has 3 nitrogen and oxygen atoms in total. The molecular weight excluding hydrogens is 264 g/mol. The predicted molar refractivity (Wildman–Crippen MR) is 81.6 cm³/mol. The maximum absolute atomic E-state index is 12.5. The molecule has 2 rings (SSSR count). The number of benzene rings is 2. The van der Waals surface area contributed by atoms with Crippen LogP contribution in [0, 0.1) is 0 Å². The molecule has 0 amide bonds. The highest BCUT2D eigenvalue weighted by molar-refractivity contribution is 6.10. The quantitative estimate of drug-likeness (QED) is 0.361. The van der Waals surface area contributed by atoms with Crippen LogP contribution >= 0.6 is 0 Å². The molecule has 0 bridgehead atoms. The molecule has 0 atom stereocenters. The molecule has 0 aliphatic rings. The summed E-state index contributed by atoms with van der Waals surface area (Å²) in [6.45, 7) is 1.69. The summed E-state index contributed by atoms with van der Waals surface area (Å²) in [4.78, 5) is 24.0. The Kier molecular flexibility index (Phi) is 5.04. The van der Waals surface area contributed by atoms with Crippen molar-refractivity contribution in [2.75, 3.05) is 0 Å². The Morgan fingerprint density at radius 3 is 2.10 bits per heavy atom. The zero-order valence-corrected chi connectivity index (χ0v) is 11.8. The Morgan fingerprint density at radius 1 is 0.952 bits per heavy atom. The summed E-state index contributed by atoms with van der Waals surface area (Å²) in [6.07, 6.45) is 1.80. The number of Topliss-reactive ketones (excluding diaryl/α,β-unsaturated/α-hetero) is 1. The van der Waals surface area contributed by atoms with Crippen molar-refractivity contribution in [3.63, 3.8) is 0 Å². The van der Waals surface area contributed by atoms with Gasteiger partial charge in [-0.05, 0) is 11.6 Å². The highest BCUT2D eigenvalue weighted by atomic mass is 16.5. The highest BCUT2D eigenvalue weighted by Crippen LogP contribution is 2.15. The van der Waals surface area contributed by atoms with E-state index in [4.69, 9.17) is 4.74 Å². The third kappa shape index (κ3) is 4.14. The summed E-state index contributed by atoms with van der Waals surface area (Å²) >= 11 is 0. The third-order valence-corrected chi connectivity index (χ3v) is 2.87. The van der Waals surface area contributed by atoms with Gasteiger partial charge in [0, 0.05) is 12.0 Å². The van der Waals surface area contributed by atoms with Gasteiger partial charge in [0.05, 0.1) is 0 Å². The van der Waals surface area contributed by atoms with Gasteiger partial charge in [0.2, 0.25) is 5.78 Å². The Balaban J connectivity index is 2.34. The Labute approximate surface area is 123 Å². The zero-order valence-electron chi connectivity index (χ0n) is 11.8. The van der Waals surface area contributed by atoms with Gasteiger partial charge < -0.3 is 4.74 Å². The second kappa shape index (κ2) is 7.20. The van der Waals surface area contributed by atoms with E-state index >= 15 is 0 Å². The van der Waals surface area contributed by atoms with Gasteiger partial charge in [0.1, 0.15) is 0 Å². The lowest BCUT2D eigenvalue weighted by molar-refractivity contribution is -0.138. The fourth-order valence-electron chi connectivity index (χ4n) is 1.77. The van der Waals surface area contributed by atoms with Crippen molar-refractivity contribution >= 4 is 17.8 Å². The number of esters is 1. The van der Waals surface area contributed by atoms with Gasteiger partial charge in [-0.25, -0.2) is 0 Å². The molecule has 0 heterocycles. The summed E-state index contributed by atoms with van der Waals surface area (Å²) in [5.74, 6) is -0.693. The number of allylic oxidation sites excluding steroid dienone is 1. The minimum absolute atomic E-state index is 0.0410. The molecule has 0 unspecified atom stereocenters. The van der Waals surface area contributed by atoms with Crippen molar-refractivity contribution < 1.29 is 14.3 Å². The summed E-state index contributed by atoms with van der Waals surface area (Å²) < 4.78 is 5.19. The van der Waals surface area contributed by atoms with Gasteiger partial charge >= 0.3 is 5.97 Å². The molecule has 106 valence electrons. The van der Waals surface area contributed by atoms with Gasteiger partial charge in [-0.15, -0.1) is 0 Å². The predicted octanol–water partition coefficient (Wildman–Crippen LogP) is 3.86. The first-order valence-corrected chi connectivity index (χ1v) is 6.78. The average Bonchev–Trinajstić information content (AvgIpc) is 2.55. The van der Waals surface area contributed by atoms with Crippen molar-refractivity contribution in [1.82, 2.24) is 0 Å². The first kappa shape index (κ1) is 14.7. The number of hydrogen-bond donors (Lipinski definition) is 0. The third-order valence-electron chi connectivity index (χ3n) is 2.87. The fourth-order valence-corrected chi connectivity index (χ4v) is 1.77. The van der Waals surface area contributed by atoms with E-state index in [0.717, 1.165) is 5.56 Å². The lowest BCUT2D eigenvalue weighted by atomic mass is 10.1. The number of rotatable bonds is 5. The fraction of sp³-hybridized carbons (Fsp3) is 0.111. The molecule has 2 aromatic rings. The van der Waals surface area contributed by atoms with Gasteiger partial charge in [0.15, 0.2) is 5.76 Å². The number of ketones is 1. The van der Waals surface area contributed by atoms with Crippen LogP contribution < -0.4 is 0 Å². The number of carbonyl (C=O) groups is 2. The lowest BCUT2D eigenvalue weighted by Crippen LogP contribution is -2.11. The topological polar surface area (TPSA) is 43.4 Å². The normalized spacial score (nSPS) is 11.0. The Morgan fingerprint density at radius 2 is 1.52 bits per heavy atom. The summed E-state index contributed by atoms with van der Waals surface area (Å²) in [6, 6.07) is 18.1. The van der Waals surface area contributed by atoms with Crippen LogP contribution in [0.1, 0.15) is 29.3 Å². The van der Waals surface area contributed by atoms with Crippen LogP contribution in [0.25, 0.3) is 6.08 Å². The summed E-state index contributed by atoms with van der Waals surface area (Å²) in [7, 11) is 0. The second-order valence-corrected chi connectivity index (χ2v) is 4.44. The van der Waals surface area contributed by atoms with Crippen molar-refractivity contribution in [1.29, 1.82) is 0 Å². The van der Waals surface area contributed by atoms with E-state index in [0.29, 0.717) is 5.56 Å². The van der Waals surface area contributed by atoms with E-state index in [9.17, 15) is 9.59 Å². The van der Waals surface area contributed by atoms with E-state index in [1.807, 2.05) is 36.4 Å². The van der Waals surface area contributed by atoms with Crippen LogP contribution in [0.4, 0.5) is 0 Å². The van der Waals surface area contributed by atoms with Gasteiger partial charge in [0.25, 0.3) is 0 Å². The molecule has 0 N–H and O–H groups in total. The Bertz CT molecular complexity index is 643. The number of ether oxygens (including phenoxy) is 1. The van der Waals surface area contributed by atoms with Gasteiger partial charge in [-0.2, -0.15) is 0 Å². The smallest absolute Gasteiger partial charge is 0.311 e. The van der Waals surface area contributed by atoms with Crippen LogP contribution in [0.15, 0.2) is 66.4 Å². The first-order valence-electron chi connectivity index (χ1n) is 6.78. The standard InChI is InChI=1S/C18H16O3/c1-2-17(19)21-16(13-14-9-5-3-6-10-14)18(20)15-11-7-4-8-12-15/h3-13H,2H2,1H3. The van der Waals surface area contributed by atoms with Crippen molar-refractivity contribution in [2.24, 2.45) is 0 Å². The van der Waals surface area contributed by atoms with E-state index < -0.39 is 5.97 Å². The molecule has 0 fully saturated rings. The van der Waals surface area contributed by atoms with Crippen molar-refractivity contribution in [3.8, 4) is 0 Å². The molecule has 0 saturated carbocycles. The number of carbonyl (C=O) groups excluding carboxylic acids is 2. The van der Waals surface area contributed by atoms with E-state index in [1.54, 1.807) is 37.3 Å². The highest BCUT2D eigenvalue weighted by Gasteiger charge is 2.16. The van der Waals surface area contributed by atoms with Crippen molar-refractivity contribution in [3.05, 3.63) is 77.5 Å². The Hall–Kier alpha value is -2.68. The SMILES string of the molecule is CCC(=O)OC(=Cc1ccccc1)C(=O)c1ccccc1. The summed E-state index contributed by atoms with van der Waals surface area (Å²) in [5.41, 5.74) is 1.30. The molecule has 0 spiro atoms. The second-order valence-electron chi connectivity index (χ2n) is 4.44. The van der Waals surface area contributed by atoms with Gasteiger partial charge in [-0.1, -0.05) is 67.6 Å². The maximum atomic E-state index is 12.5. The van der Waals surface area contributed by atoms with Crippen LogP contribution in [0.2, 0.25) is 0 Å². The van der Waals surface area contributed by atoms with Crippen molar-refractivity contribution in [2.45, 2.75) is 13.3 Å². The van der Waals surface area contributed by atoms with Gasteiger partial charge in [-0.3, -0.25) is 9.59 Å². The lowest BCUT2D eigenvalue weighted by Gasteiger charge is -2.07. The van der Waals surface area contributed by atoms with Crippen LogP contribution in [0.3, 0.4) is 0 Å². The molecule has 0 aliphatic heterocycles. The molecule has 21 heavy (non-hydrogen) atoms. The zero-order chi connectivity index (χ0) is 15.1. The molecular formula is C18H16O3. The van der Waals surface area contributed by atoms with Crippen LogP contribution in [-0.4, -0.2) is 11.8 Å². The van der Waals surface area contributed by atoms with E-state index in [1.165, 1.54) is 0 Å². The largest absolute Gasteiger partial charge is 0.422 e. The van der Waals surface area contributed by atoms with Crippen LogP contribution in [-0.2, 0) is 9.53 Å². The molecule has 0 aromatic heterocycles. The molecule has 3 heteroatoms. The van der Waals surface area contributed by atoms with E-state index in [-0.39, 0.29) is 18.0 Å². The average molecular weight is 280 g/mol. The van der Waals surface area contributed by atoms with E-state index in [2.05, 4.69) is 0 Å². The molecule has 0 saturated heterocycles. The maximum Gasteiger partial charge on any atom is 0.311 e. The monoisotopic (exact) mass is 280 g/mol. The number of hydrogen-bond acceptors (Lipinski definition) is 3.